The SMILES string of the molecule is CC(C)c1cc(C(=O)NCCc2c(F)cccc2Cl)no1. The van der Waals surface area contributed by atoms with Crippen LogP contribution >= 0.6 is 11.6 Å². The molecule has 0 aliphatic carbocycles. The monoisotopic (exact) mass is 310 g/mol. The number of nitrogens with one attached hydrogen (secondary N) is 1. The first kappa shape index (κ1) is 15.5. The molecule has 0 saturated carbocycles. The van der Waals surface area contributed by atoms with Crippen molar-refractivity contribution in [2.45, 2.75) is 26.2 Å². The summed E-state index contributed by atoms with van der Waals surface area (Å²) in [5, 5.41) is 6.73. The third-order valence-corrected chi connectivity index (χ3v) is 3.41. The molecule has 0 saturated heterocycles. The van der Waals surface area contributed by atoms with E-state index in [1.54, 1.807) is 18.2 Å². The van der Waals surface area contributed by atoms with Crippen molar-refractivity contribution >= 4 is 17.5 Å². The summed E-state index contributed by atoms with van der Waals surface area (Å²) in [7, 11) is 0. The Labute approximate surface area is 127 Å². The van der Waals surface area contributed by atoms with Gasteiger partial charge in [0.15, 0.2) is 5.69 Å². The lowest BCUT2D eigenvalue weighted by Gasteiger charge is -2.06. The number of carbonyl (C=O) groups is 1. The quantitative estimate of drug-likeness (QED) is 0.918. The molecule has 1 amide bonds. The molecule has 1 heterocycles. The van der Waals surface area contributed by atoms with Gasteiger partial charge >= 0.3 is 0 Å². The summed E-state index contributed by atoms with van der Waals surface area (Å²) in [6, 6.07) is 6.11. The fraction of sp³-hybridized carbons (Fsp3) is 0.333. The fourth-order valence-electron chi connectivity index (χ4n) is 1.83. The Hall–Kier alpha value is -1.88. The van der Waals surface area contributed by atoms with E-state index < -0.39 is 0 Å². The van der Waals surface area contributed by atoms with Crippen LogP contribution in [-0.2, 0) is 6.42 Å². The molecule has 112 valence electrons. The number of hydrogen-bond acceptors (Lipinski definition) is 3. The van der Waals surface area contributed by atoms with E-state index in [2.05, 4.69) is 10.5 Å². The zero-order valence-corrected chi connectivity index (χ0v) is 12.6. The second-order valence-corrected chi connectivity index (χ2v) is 5.38. The summed E-state index contributed by atoms with van der Waals surface area (Å²) in [6.07, 6.45) is 0.312. The molecule has 1 aromatic heterocycles. The number of hydrogen-bond donors (Lipinski definition) is 1. The Bertz CT molecular complexity index is 620. The maximum absolute atomic E-state index is 13.6. The highest BCUT2D eigenvalue weighted by Gasteiger charge is 2.14. The van der Waals surface area contributed by atoms with E-state index in [1.807, 2.05) is 13.8 Å². The predicted molar refractivity (Wildman–Crippen MR) is 78.0 cm³/mol. The third-order valence-electron chi connectivity index (χ3n) is 3.05. The molecular formula is C15H16ClFN2O2. The van der Waals surface area contributed by atoms with Crippen molar-refractivity contribution in [2.24, 2.45) is 0 Å². The van der Waals surface area contributed by atoms with Crippen molar-refractivity contribution in [1.82, 2.24) is 10.5 Å². The molecule has 2 rings (SSSR count). The number of nitrogens with zero attached hydrogens (tertiary/aromatic N) is 1. The second kappa shape index (κ2) is 6.72. The van der Waals surface area contributed by atoms with E-state index in [9.17, 15) is 9.18 Å². The van der Waals surface area contributed by atoms with Gasteiger partial charge in [-0.3, -0.25) is 4.79 Å². The molecule has 21 heavy (non-hydrogen) atoms. The van der Waals surface area contributed by atoms with Gasteiger partial charge in [0, 0.05) is 29.1 Å². The highest BCUT2D eigenvalue weighted by atomic mass is 35.5. The summed E-state index contributed by atoms with van der Waals surface area (Å²) in [5.41, 5.74) is 0.612. The van der Waals surface area contributed by atoms with Crippen molar-refractivity contribution in [3.05, 3.63) is 52.1 Å². The normalized spacial score (nSPS) is 10.9. The van der Waals surface area contributed by atoms with E-state index in [1.165, 1.54) is 6.07 Å². The smallest absolute Gasteiger partial charge is 0.273 e. The first-order chi connectivity index (χ1) is 9.99. The molecule has 4 nitrogen and oxygen atoms in total. The topological polar surface area (TPSA) is 55.1 Å². The van der Waals surface area contributed by atoms with Gasteiger partial charge in [0.1, 0.15) is 11.6 Å². The number of halogens is 2. The van der Waals surface area contributed by atoms with Gasteiger partial charge in [-0.15, -0.1) is 0 Å². The van der Waals surface area contributed by atoms with Crippen LogP contribution in [0.3, 0.4) is 0 Å². The minimum Gasteiger partial charge on any atom is -0.360 e. The number of aromatic nitrogens is 1. The van der Waals surface area contributed by atoms with Crippen molar-refractivity contribution in [2.75, 3.05) is 6.54 Å². The Morgan fingerprint density at radius 1 is 1.48 bits per heavy atom. The number of rotatable bonds is 5. The number of amides is 1. The Morgan fingerprint density at radius 3 is 2.86 bits per heavy atom. The first-order valence-corrected chi connectivity index (χ1v) is 7.04. The largest absolute Gasteiger partial charge is 0.360 e. The van der Waals surface area contributed by atoms with Crippen molar-refractivity contribution < 1.29 is 13.7 Å². The van der Waals surface area contributed by atoms with E-state index >= 15 is 0 Å². The number of benzene rings is 1. The maximum atomic E-state index is 13.6. The van der Waals surface area contributed by atoms with Crippen LogP contribution in [0.4, 0.5) is 4.39 Å². The van der Waals surface area contributed by atoms with Gasteiger partial charge in [-0.05, 0) is 18.6 Å². The molecule has 0 fully saturated rings. The highest BCUT2D eigenvalue weighted by Crippen LogP contribution is 2.19. The Morgan fingerprint density at radius 2 is 2.24 bits per heavy atom. The minimum absolute atomic E-state index is 0.163. The number of carbonyl (C=O) groups excluding carboxylic acids is 1. The van der Waals surface area contributed by atoms with Gasteiger partial charge in [0.2, 0.25) is 0 Å². The summed E-state index contributed by atoms with van der Waals surface area (Å²) >= 11 is 5.92. The lowest BCUT2D eigenvalue weighted by Crippen LogP contribution is -2.26. The van der Waals surface area contributed by atoms with Crippen molar-refractivity contribution in [1.29, 1.82) is 0 Å². The second-order valence-electron chi connectivity index (χ2n) is 4.98. The van der Waals surface area contributed by atoms with E-state index in [0.29, 0.717) is 22.8 Å². The molecule has 0 aliphatic heterocycles. The zero-order chi connectivity index (χ0) is 15.4. The molecule has 0 bridgehead atoms. The molecule has 0 aliphatic rings. The zero-order valence-electron chi connectivity index (χ0n) is 11.8. The van der Waals surface area contributed by atoms with Gasteiger partial charge in [0.05, 0.1) is 0 Å². The molecule has 2 aromatic rings. The Kier molecular flexibility index (Phi) is 4.96. The molecule has 1 aromatic carbocycles. The minimum atomic E-state index is -0.375. The molecule has 0 unspecified atom stereocenters. The molecule has 0 atom stereocenters. The van der Waals surface area contributed by atoms with Crippen LogP contribution in [0.15, 0.2) is 28.8 Å². The summed E-state index contributed by atoms with van der Waals surface area (Å²) in [6.45, 7) is 4.16. The van der Waals surface area contributed by atoms with Crippen molar-refractivity contribution in [3.8, 4) is 0 Å². The molecule has 0 spiro atoms. The molecule has 1 N–H and O–H groups in total. The fourth-order valence-corrected chi connectivity index (χ4v) is 2.09. The van der Waals surface area contributed by atoms with Crippen molar-refractivity contribution in [3.63, 3.8) is 0 Å². The highest BCUT2D eigenvalue weighted by molar-refractivity contribution is 6.31. The van der Waals surface area contributed by atoms with Crippen LogP contribution in [0.25, 0.3) is 0 Å². The van der Waals surface area contributed by atoms with Gasteiger partial charge in [-0.1, -0.05) is 36.7 Å². The van der Waals surface area contributed by atoms with Crippen LogP contribution in [0.5, 0.6) is 0 Å². The van der Waals surface area contributed by atoms with E-state index in [4.69, 9.17) is 16.1 Å². The predicted octanol–water partition coefficient (Wildman–Crippen LogP) is 3.56. The molecule has 6 heteroatoms. The van der Waals surface area contributed by atoms with Crippen LogP contribution in [0, 0.1) is 5.82 Å². The van der Waals surface area contributed by atoms with E-state index in [0.717, 1.165) is 0 Å². The summed E-state index contributed by atoms with van der Waals surface area (Å²) < 4.78 is 18.6. The molecule has 0 radical (unpaired) electrons. The van der Waals surface area contributed by atoms with Crippen LogP contribution in [0.1, 0.15) is 41.6 Å². The van der Waals surface area contributed by atoms with Crippen LogP contribution in [0.2, 0.25) is 5.02 Å². The van der Waals surface area contributed by atoms with Gasteiger partial charge < -0.3 is 9.84 Å². The summed E-state index contributed by atoms with van der Waals surface area (Å²) in [5.74, 6) is 0.0898. The van der Waals surface area contributed by atoms with Crippen LogP contribution < -0.4 is 5.32 Å². The van der Waals surface area contributed by atoms with Gasteiger partial charge in [-0.25, -0.2) is 4.39 Å². The van der Waals surface area contributed by atoms with Gasteiger partial charge in [-0.2, -0.15) is 0 Å². The standard InChI is InChI=1S/C15H16ClFN2O2/c1-9(2)14-8-13(19-21-14)15(20)18-7-6-10-11(16)4-3-5-12(10)17/h3-5,8-9H,6-7H2,1-2H3,(H,18,20). The Balaban J connectivity index is 1.92. The lowest BCUT2D eigenvalue weighted by molar-refractivity contribution is 0.0945. The average molecular weight is 311 g/mol. The maximum Gasteiger partial charge on any atom is 0.273 e. The van der Waals surface area contributed by atoms with Gasteiger partial charge in [0.25, 0.3) is 5.91 Å². The van der Waals surface area contributed by atoms with E-state index in [-0.39, 0.29) is 29.9 Å². The molecular weight excluding hydrogens is 295 g/mol. The first-order valence-electron chi connectivity index (χ1n) is 6.66. The average Bonchev–Trinajstić information content (AvgIpc) is 2.92. The third kappa shape index (κ3) is 3.82. The summed E-state index contributed by atoms with van der Waals surface area (Å²) in [4.78, 5) is 11.9. The lowest BCUT2D eigenvalue weighted by atomic mass is 10.1. The van der Waals surface area contributed by atoms with Crippen LogP contribution in [-0.4, -0.2) is 17.6 Å².